The van der Waals surface area contributed by atoms with Gasteiger partial charge in [-0.1, -0.05) is 141 Å². The molecule has 1 amide bonds. The number of hydrogen-bond donors (Lipinski definition) is 2. The van der Waals surface area contributed by atoms with Crippen molar-refractivity contribution in [3.05, 3.63) is 24.3 Å². The first kappa shape index (κ1) is 47.7. The van der Waals surface area contributed by atoms with Gasteiger partial charge in [0.15, 0.2) is 6.10 Å². The first-order chi connectivity index (χ1) is 24.5. The Hall–Kier alpha value is -2.35. The predicted molar refractivity (Wildman–Crippen MR) is 206 cm³/mol. The molecule has 0 aliphatic carbocycles. The lowest BCUT2D eigenvalue weighted by Crippen LogP contribution is -2.36. The van der Waals surface area contributed by atoms with Gasteiger partial charge in [-0.3, -0.25) is 9.59 Å². The third-order valence-electron chi connectivity index (χ3n) is 8.80. The molecule has 50 heavy (non-hydrogen) atoms. The van der Waals surface area contributed by atoms with Crippen molar-refractivity contribution in [2.24, 2.45) is 0 Å². The van der Waals surface area contributed by atoms with Gasteiger partial charge in [-0.15, -0.1) is 0 Å². The summed E-state index contributed by atoms with van der Waals surface area (Å²) in [7, 11) is 0. The van der Waals surface area contributed by atoms with Gasteiger partial charge in [0.1, 0.15) is 13.2 Å². The van der Waals surface area contributed by atoms with Crippen molar-refractivity contribution in [2.75, 3.05) is 26.4 Å². The van der Waals surface area contributed by atoms with Gasteiger partial charge in [-0.05, 0) is 64.2 Å². The molecule has 0 aromatic heterocycles. The number of allylic oxidation sites excluding steroid dienone is 4. The summed E-state index contributed by atoms with van der Waals surface area (Å²) in [5, 5.41) is 11.4. The molecule has 0 atom stereocenters. The topological polar surface area (TPSA) is 111 Å². The van der Waals surface area contributed by atoms with E-state index in [4.69, 9.17) is 19.3 Å². The predicted octanol–water partition coefficient (Wildman–Crippen LogP) is 11.2. The van der Waals surface area contributed by atoms with Crippen molar-refractivity contribution in [1.82, 2.24) is 5.32 Å². The average Bonchev–Trinajstić information content (AvgIpc) is 3.11. The molecule has 0 saturated heterocycles. The second kappa shape index (κ2) is 39.4. The van der Waals surface area contributed by atoms with Gasteiger partial charge in [0, 0.05) is 19.4 Å². The van der Waals surface area contributed by atoms with E-state index < -0.39 is 12.2 Å². The number of aliphatic hydroxyl groups is 1. The molecule has 0 rings (SSSR count). The van der Waals surface area contributed by atoms with Crippen LogP contribution < -0.4 is 5.32 Å². The number of esters is 2. The minimum absolute atomic E-state index is 0.0378. The van der Waals surface area contributed by atoms with Crippen LogP contribution in [0.15, 0.2) is 24.3 Å². The van der Waals surface area contributed by atoms with E-state index in [0.717, 1.165) is 64.2 Å². The van der Waals surface area contributed by atoms with E-state index in [0.29, 0.717) is 12.8 Å². The van der Waals surface area contributed by atoms with Crippen molar-refractivity contribution in [2.45, 2.75) is 200 Å². The molecule has 0 heterocycles. The lowest BCUT2D eigenvalue weighted by molar-refractivity contribution is -0.152. The zero-order chi connectivity index (χ0) is 36.6. The molecule has 0 aromatic carbocycles. The molecule has 292 valence electrons. The maximum absolute atomic E-state index is 12.3. The fraction of sp³-hybridized carbons (Fsp3) is 0.833. The quantitative estimate of drug-likeness (QED) is 0.0286. The van der Waals surface area contributed by atoms with Gasteiger partial charge in [-0.2, -0.15) is 0 Å². The first-order valence-electron chi connectivity index (χ1n) is 20.7. The number of ether oxygens (including phenoxy) is 3. The number of alkyl carbamates (subject to hydrolysis) is 1. The average molecular weight is 708 g/mol. The van der Waals surface area contributed by atoms with Gasteiger partial charge in [0.05, 0.1) is 6.61 Å². The molecular weight excluding hydrogens is 630 g/mol. The van der Waals surface area contributed by atoms with Crippen LogP contribution in [0.4, 0.5) is 4.79 Å². The number of aliphatic hydroxyl groups excluding tert-OH is 1. The lowest BCUT2D eigenvalue weighted by Gasteiger charge is -2.18. The van der Waals surface area contributed by atoms with Crippen LogP contribution in [0.3, 0.4) is 0 Å². The molecule has 8 nitrogen and oxygen atoms in total. The van der Waals surface area contributed by atoms with E-state index in [1.165, 1.54) is 103 Å². The summed E-state index contributed by atoms with van der Waals surface area (Å²) in [6.45, 7) is 3.95. The molecular formula is C42H77NO7. The fourth-order valence-corrected chi connectivity index (χ4v) is 5.66. The second-order valence-electron chi connectivity index (χ2n) is 13.7. The van der Waals surface area contributed by atoms with Gasteiger partial charge in [0.2, 0.25) is 0 Å². The Balaban J connectivity index is 4.02. The van der Waals surface area contributed by atoms with Gasteiger partial charge in [0.25, 0.3) is 0 Å². The number of rotatable bonds is 37. The maximum Gasteiger partial charge on any atom is 0.407 e. The van der Waals surface area contributed by atoms with Crippen LogP contribution in [0.2, 0.25) is 0 Å². The standard InChI is InChI=1S/C42H77NO7/c1-3-5-7-9-11-13-15-17-19-21-23-25-27-29-31-33-40(45)48-37-39(50-42(47)43-35-36-44)38-49-41(46)34-32-30-28-26-24-22-20-18-16-14-12-10-8-6-4-2/h17-20,39,44H,3-16,21-38H2,1-2H3,(H,43,47). The Labute approximate surface area is 306 Å². The number of amides is 1. The second-order valence-corrected chi connectivity index (χ2v) is 13.7. The fourth-order valence-electron chi connectivity index (χ4n) is 5.66. The highest BCUT2D eigenvalue weighted by molar-refractivity contribution is 5.70. The van der Waals surface area contributed by atoms with Crippen molar-refractivity contribution in [3.63, 3.8) is 0 Å². The minimum atomic E-state index is -0.912. The molecule has 0 radical (unpaired) electrons. The Morgan fingerprint density at radius 1 is 0.520 bits per heavy atom. The number of carbonyl (C=O) groups excluding carboxylic acids is 3. The smallest absolute Gasteiger partial charge is 0.407 e. The van der Waals surface area contributed by atoms with Gasteiger partial charge >= 0.3 is 18.0 Å². The van der Waals surface area contributed by atoms with E-state index in [1.807, 2.05) is 0 Å². The summed E-state index contributed by atoms with van der Waals surface area (Å²) in [6, 6.07) is 0. The Bertz CT molecular complexity index is 773. The summed E-state index contributed by atoms with van der Waals surface area (Å²) < 4.78 is 16.0. The SMILES string of the molecule is CCCCCCCCC=CCCCCCCCC(=O)OCC(COC(=O)CCCCCCCC=CCCCCCCCC)OC(=O)NCCO. The highest BCUT2D eigenvalue weighted by atomic mass is 16.6. The van der Waals surface area contributed by atoms with Crippen LogP contribution >= 0.6 is 0 Å². The van der Waals surface area contributed by atoms with Crippen LogP contribution in [0.1, 0.15) is 194 Å². The zero-order valence-electron chi connectivity index (χ0n) is 32.4. The number of hydrogen-bond acceptors (Lipinski definition) is 7. The molecule has 0 aliphatic rings. The van der Waals surface area contributed by atoms with Crippen molar-refractivity contribution in [1.29, 1.82) is 0 Å². The van der Waals surface area contributed by atoms with E-state index in [-0.39, 0.29) is 38.3 Å². The number of carbonyl (C=O) groups is 3. The van der Waals surface area contributed by atoms with Gasteiger partial charge < -0.3 is 24.6 Å². The minimum Gasteiger partial charge on any atom is -0.462 e. The summed E-state index contributed by atoms with van der Waals surface area (Å²) in [5.74, 6) is -0.710. The Kier molecular flexibility index (Phi) is 37.6. The molecule has 0 aliphatic heterocycles. The monoisotopic (exact) mass is 708 g/mol. The molecule has 8 heteroatoms. The van der Waals surface area contributed by atoms with Crippen LogP contribution in [-0.4, -0.2) is 55.6 Å². The molecule has 2 N–H and O–H groups in total. The van der Waals surface area contributed by atoms with E-state index in [9.17, 15) is 14.4 Å². The molecule has 0 unspecified atom stereocenters. The van der Waals surface area contributed by atoms with Crippen molar-refractivity contribution in [3.8, 4) is 0 Å². The molecule has 0 saturated carbocycles. The van der Waals surface area contributed by atoms with Crippen molar-refractivity contribution < 1.29 is 33.7 Å². The van der Waals surface area contributed by atoms with Crippen molar-refractivity contribution >= 4 is 18.0 Å². The first-order valence-corrected chi connectivity index (χ1v) is 20.7. The normalized spacial score (nSPS) is 12.1. The molecule has 0 fully saturated rings. The van der Waals surface area contributed by atoms with E-state index >= 15 is 0 Å². The Morgan fingerprint density at radius 3 is 1.22 bits per heavy atom. The van der Waals surface area contributed by atoms with E-state index in [2.05, 4.69) is 43.5 Å². The van der Waals surface area contributed by atoms with Crippen LogP contribution in [-0.2, 0) is 23.8 Å². The summed E-state index contributed by atoms with van der Waals surface area (Å²) in [6.07, 6.45) is 39.1. The number of nitrogens with one attached hydrogen (secondary N) is 1. The highest BCUT2D eigenvalue weighted by Crippen LogP contribution is 2.12. The van der Waals surface area contributed by atoms with Crippen LogP contribution in [0, 0.1) is 0 Å². The van der Waals surface area contributed by atoms with E-state index in [1.54, 1.807) is 0 Å². The summed E-state index contributed by atoms with van der Waals surface area (Å²) >= 11 is 0. The zero-order valence-corrected chi connectivity index (χ0v) is 32.4. The maximum atomic E-state index is 12.3. The molecule has 0 spiro atoms. The third kappa shape index (κ3) is 36.9. The number of unbranched alkanes of at least 4 members (excludes halogenated alkanes) is 22. The van der Waals surface area contributed by atoms with Crippen LogP contribution in [0.5, 0.6) is 0 Å². The van der Waals surface area contributed by atoms with Crippen LogP contribution in [0.25, 0.3) is 0 Å². The largest absolute Gasteiger partial charge is 0.462 e. The van der Waals surface area contributed by atoms with Gasteiger partial charge in [-0.25, -0.2) is 4.79 Å². The highest BCUT2D eigenvalue weighted by Gasteiger charge is 2.19. The molecule has 0 aromatic rings. The lowest BCUT2D eigenvalue weighted by atomic mass is 10.1. The molecule has 0 bridgehead atoms. The summed E-state index contributed by atoms with van der Waals surface area (Å²) in [4.78, 5) is 36.7. The third-order valence-corrected chi connectivity index (χ3v) is 8.80. The summed E-state index contributed by atoms with van der Waals surface area (Å²) in [5.41, 5.74) is 0. The Morgan fingerprint density at radius 2 is 0.860 bits per heavy atom.